The number of hydrogen-bond donors (Lipinski definition) is 1. The monoisotopic (exact) mass is 495 g/mol. The first kappa shape index (κ1) is 23.2. The normalized spacial score (nSPS) is 15.6. The van der Waals surface area contributed by atoms with Gasteiger partial charge in [-0.05, 0) is 48.4 Å². The van der Waals surface area contributed by atoms with Crippen LogP contribution in [0.5, 0.6) is 11.5 Å². The Morgan fingerprint density at radius 3 is 2.36 bits per heavy atom. The highest BCUT2D eigenvalue weighted by molar-refractivity contribution is 7.15. The molecule has 1 N–H and O–H groups in total. The Labute approximate surface area is 211 Å². The van der Waals surface area contributed by atoms with Crippen molar-refractivity contribution in [2.45, 2.75) is 13.0 Å². The molecule has 36 heavy (non-hydrogen) atoms. The summed E-state index contributed by atoms with van der Waals surface area (Å²) in [5, 5.41) is 19.9. The van der Waals surface area contributed by atoms with Crippen molar-refractivity contribution in [3.8, 4) is 11.5 Å². The van der Waals surface area contributed by atoms with Crippen molar-refractivity contribution in [3.63, 3.8) is 0 Å². The maximum atomic E-state index is 13.4. The van der Waals surface area contributed by atoms with Crippen LogP contribution in [0.4, 0.5) is 5.13 Å². The van der Waals surface area contributed by atoms with Gasteiger partial charge in [0.1, 0.15) is 16.5 Å². The summed E-state index contributed by atoms with van der Waals surface area (Å²) in [7, 11) is 0. The summed E-state index contributed by atoms with van der Waals surface area (Å²) in [4.78, 5) is 27.9. The lowest BCUT2D eigenvalue weighted by atomic mass is 9.95. The van der Waals surface area contributed by atoms with Gasteiger partial charge in [-0.3, -0.25) is 14.5 Å². The van der Waals surface area contributed by atoms with Gasteiger partial charge in [-0.1, -0.05) is 78.1 Å². The lowest BCUT2D eigenvalue weighted by Crippen LogP contribution is -2.30. The topological polar surface area (TPSA) is 92.6 Å². The number of ether oxygens (including phenoxy) is 1. The maximum Gasteiger partial charge on any atom is 0.296 e. The number of nitrogens with zero attached hydrogens (tertiary/aromatic N) is 3. The second kappa shape index (κ2) is 9.97. The quantitative estimate of drug-likeness (QED) is 0.325. The molecule has 3 aromatic carbocycles. The number of aryl methyl sites for hydroxylation is 1. The molecule has 1 amide bonds. The Morgan fingerprint density at radius 2 is 1.67 bits per heavy atom. The number of aromatic nitrogens is 2. The van der Waals surface area contributed by atoms with E-state index >= 15 is 0 Å². The fraction of sp³-hybridized carbons (Fsp3) is 0.0714. The van der Waals surface area contributed by atoms with E-state index in [4.69, 9.17) is 4.74 Å². The fourth-order valence-electron chi connectivity index (χ4n) is 3.95. The highest BCUT2D eigenvalue weighted by atomic mass is 32.1. The Morgan fingerprint density at radius 1 is 0.972 bits per heavy atom. The number of rotatable bonds is 7. The molecule has 178 valence electrons. The number of allylic oxidation sites excluding steroid dienone is 1. The summed E-state index contributed by atoms with van der Waals surface area (Å²) in [5.41, 5.74) is 1.38. The number of ketones is 1. The van der Waals surface area contributed by atoms with Gasteiger partial charge in [-0.25, -0.2) is 0 Å². The second-order valence-electron chi connectivity index (χ2n) is 8.04. The van der Waals surface area contributed by atoms with Gasteiger partial charge in [0, 0.05) is 0 Å². The average Bonchev–Trinajstić information content (AvgIpc) is 3.44. The third-order valence-electron chi connectivity index (χ3n) is 5.57. The second-order valence-corrected chi connectivity index (χ2v) is 9.20. The van der Waals surface area contributed by atoms with Crippen molar-refractivity contribution in [2.75, 3.05) is 4.90 Å². The van der Waals surface area contributed by atoms with E-state index in [0.29, 0.717) is 27.2 Å². The van der Waals surface area contributed by atoms with E-state index in [0.717, 1.165) is 5.56 Å². The Hall–Kier alpha value is -4.56. The van der Waals surface area contributed by atoms with Crippen LogP contribution < -0.4 is 9.64 Å². The molecular weight excluding hydrogens is 474 g/mol. The van der Waals surface area contributed by atoms with Crippen LogP contribution >= 0.6 is 11.3 Å². The van der Waals surface area contributed by atoms with Crippen molar-refractivity contribution in [1.82, 2.24) is 10.2 Å². The number of amides is 1. The number of anilines is 1. The zero-order valence-electron chi connectivity index (χ0n) is 19.2. The minimum absolute atomic E-state index is 0.0307. The molecule has 4 aromatic rings. The number of para-hydroxylation sites is 1. The molecule has 5 rings (SSSR count). The number of aliphatic hydroxyl groups is 1. The molecule has 8 heteroatoms. The van der Waals surface area contributed by atoms with Gasteiger partial charge < -0.3 is 9.84 Å². The molecule has 7 nitrogen and oxygen atoms in total. The molecule has 1 aromatic heterocycles. The highest BCUT2D eigenvalue weighted by Gasteiger charge is 2.45. The smallest absolute Gasteiger partial charge is 0.296 e. The van der Waals surface area contributed by atoms with Gasteiger partial charge in [0.25, 0.3) is 5.91 Å². The minimum Gasteiger partial charge on any atom is -0.503 e. The van der Waals surface area contributed by atoms with Crippen molar-refractivity contribution < 1.29 is 19.4 Å². The van der Waals surface area contributed by atoms with E-state index < -0.39 is 23.5 Å². The standard InChI is InChI=1S/C28H21N3O4S/c1-18-29-30-28(36-18)31-25(20-11-8-14-22(17-20)35-21-12-6-3-7-13-21)24(26(33)27(31)34)23(32)16-15-19-9-4-2-5-10-19/h2-17,25,33H,1H3/b16-15+. The molecule has 0 saturated carbocycles. The lowest BCUT2D eigenvalue weighted by molar-refractivity contribution is -0.117. The van der Waals surface area contributed by atoms with Crippen LogP contribution in [-0.2, 0) is 9.59 Å². The van der Waals surface area contributed by atoms with E-state index in [1.54, 1.807) is 37.3 Å². The van der Waals surface area contributed by atoms with Crippen molar-refractivity contribution in [3.05, 3.63) is 118 Å². The van der Waals surface area contributed by atoms with E-state index in [1.807, 2.05) is 60.7 Å². The number of hydrogen-bond acceptors (Lipinski definition) is 7. The van der Waals surface area contributed by atoms with Crippen LogP contribution in [0.2, 0.25) is 0 Å². The molecule has 0 radical (unpaired) electrons. The maximum absolute atomic E-state index is 13.4. The molecule has 1 unspecified atom stereocenters. The van der Waals surface area contributed by atoms with Crippen LogP contribution in [-0.4, -0.2) is 27.0 Å². The van der Waals surface area contributed by atoms with E-state index in [9.17, 15) is 14.7 Å². The van der Waals surface area contributed by atoms with Crippen LogP contribution in [0.3, 0.4) is 0 Å². The van der Waals surface area contributed by atoms with Crippen molar-refractivity contribution in [1.29, 1.82) is 0 Å². The van der Waals surface area contributed by atoms with Gasteiger partial charge in [0.2, 0.25) is 5.13 Å². The van der Waals surface area contributed by atoms with Gasteiger partial charge in [0.15, 0.2) is 11.5 Å². The third kappa shape index (κ3) is 4.67. The first-order chi connectivity index (χ1) is 17.5. The molecule has 1 aliphatic heterocycles. The molecule has 1 atom stereocenters. The van der Waals surface area contributed by atoms with Crippen LogP contribution in [0, 0.1) is 6.92 Å². The zero-order chi connectivity index (χ0) is 25.1. The Balaban J connectivity index is 1.56. The highest BCUT2D eigenvalue weighted by Crippen LogP contribution is 2.43. The zero-order valence-corrected chi connectivity index (χ0v) is 20.1. The van der Waals surface area contributed by atoms with Crippen molar-refractivity contribution >= 4 is 34.2 Å². The largest absolute Gasteiger partial charge is 0.503 e. The Bertz CT molecular complexity index is 1480. The van der Waals surface area contributed by atoms with Crippen LogP contribution in [0.1, 0.15) is 22.2 Å². The third-order valence-corrected chi connectivity index (χ3v) is 6.41. The molecule has 0 saturated heterocycles. The van der Waals surface area contributed by atoms with E-state index in [-0.39, 0.29) is 5.57 Å². The first-order valence-electron chi connectivity index (χ1n) is 11.2. The van der Waals surface area contributed by atoms with Gasteiger partial charge in [-0.2, -0.15) is 0 Å². The molecule has 0 spiro atoms. The number of carbonyl (C=O) groups excluding carboxylic acids is 2. The summed E-state index contributed by atoms with van der Waals surface area (Å²) >= 11 is 1.20. The SMILES string of the molecule is Cc1nnc(N2C(=O)C(O)=C(C(=O)/C=C/c3ccccc3)C2c2cccc(Oc3ccccc3)c2)s1. The number of carbonyl (C=O) groups is 2. The fourth-order valence-corrected chi connectivity index (χ4v) is 4.67. The number of aliphatic hydroxyl groups excluding tert-OH is 1. The molecular formula is C28H21N3O4S. The summed E-state index contributed by atoms with van der Waals surface area (Å²) in [6.07, 6.45) is 3.01. The summed E-state index contributed by atoms with van der Waals surface area (Å²) in [6, 6.07) is 24.8. The van der Waals surface area contributed by atoms with E-state index in [1.165, 1.54) is 22.3 Å². The summed E-state index contributed by atoms with van der Waals surface area (Å²) in [5.74, 6) is -0.619. The predicted octanol–water partition coefficient (Wildman–Crippen LogP) is 5.82. The van der Waals surface area contributed by atoms with Gasteiger partial charge in [0.05, 0.1) is 11.6 Å². The number of benzene rings is 3. The average molecular weight is 496 g/mol. The van der Waals surface area contributed by atoms with E-state index in [2.05, 4.69) is 10.2 Å². The lowest BCUT2D eigenvalue weighted by Gasteiger charge is -2.24. The molecule has 0 bridgehead atoms. The van der Waals surface area contributed by atoms with Crippen molar-refractivity contribution in [2.24, 2.45) is 0 Å². The molecule has 0 aliphatic carbocycles. The summed E-state index contributed by atoms with van der Waals surface area (Å²) in [6.45, 7) is 1.77. The van der Waals surface area contributed by atoms with Crippen LogP contribution in [0.15, 0.2) is 102 Å². The first-order valence-corrected chi connectivity index (χ1v) is 12.0. The molecule has 0 fully saturated rings. The Kier molecular flexibility index (Phi) is 6.42. The van der Waals surface area contributed by atoms with Gasteiger partial charge in [-0.15, -0.1) is 10.2 Å². The van der Waals surface area contributed by atoms with Gasteiger partial charge >= 0.3 is 0 Å². The van der Waals surface area contributed by atoms with Crippen LogP contribution in [0.25, 0.3) is 6.08 Å². The molecule has 1 aliphatic rings. The predicted molar refractivity (Wildman–Crippen MR) is 138 cm³/mol. The summed E-state index contributed by atoms with van der Waals surface area (Å²) < 4.78 is 5.97. The minimum atomic E-state index is -0.905. The molecule has 2 heterocycles.